The van der Waals surface area contributed by atoms with Crippen molar-refractivity contribution in [1.82, 2.24) is 5.32 Å². The van der Waals surface area contributed by atoms with Gasteiger partial charge in [0.15, 0.2) is 0 Å². The SMILES string of the molecule is CCC(NC(=O)C(C)(C)c1ccccc1C)C(=O)O. The van der Waals surface area contributed by atoms with E-state index in [4.69, 9.17) is 5.11 Å². The number of aliphatic carboxylic acids is 1. The Kier molecular flexibility index (Phi) is 4.70. The Labute approximate surface area is 113 Å². The van der Waals surface area contributed by atoms with Crippen LogP contribution in [-0.4, -0.2) is 23.0 Å². The Morgan fingerprint density at radius 1 is 1.32 bits per heavy atom. The quantitative estimate of drug-likeness (QED) is 0.856. The van der Waals surface area contributed by atoms with Crippen LogP contribution < -0.4 is 5.32 Å². The van der Waals surface area contributed by atoms with Crippen LogP contribution in [-0.2, 0) is 15.0 Å². The molecule has 4 heteroatoms. The molecule has 0 heterocycles. The first-order valence-electron chi connectivity index (χ1n) is 6.40. The molecule has 0 aliphatic heterocycles. The summed E-state index contributed by atoms with van der Waals surface area (Å²) in [7, 11) is 0. The summed E-state index contributed by atoms with van der Waals surface area (Å²) in [4.78, 5) is 23.3. The molecule has 2 N–H and O–H groups in total. The summed E-state index contributed by atoms with van der Waals surface area (Å²) in [6, 6.07) is 6.80. The van der Waals surface area contributed by atoms with Gasteiger partial charge in [0.2, 0.25) is 5.91 Å². The molecule has 0 radical (unpaired) electrons. The molecule has 0 aliphatic rings. The first kappa shape index (κ1) is 15.2. The highest BCUT2D eigenvalue weighted by Gasteiger charge is 2.33. The zero-order valence-electron chi connectivity index (χ0n) is 11.9. The van der Waals surface area contributed by atoms with Crippen LogP contribution in [0, 0.1) is 6.92 Å². The molecule has 4 nitrogen and oxygen atoms in total. The van der Waals surface area contributed by atoms with Crippen LogP contribution in [0.5, 0.6) is 0 Å². The molecule has 1 unspecified atom stereocenters. The Bertz CT molecular complexity index is 480. The fourth-order valence-electron chi connectivity index (χ4n) is 2.07. The maximum absolute atomic E-state index is 12.3. The van der Waals surface area contributed by atoms with Crippen LogP contribution in [0.3, 0.4) is 0 Å². The van der Waals surface area contributed by atoms with Crippen molar-refractivity contribution in [2.75, 3.05) is 0 Å². The Balaban J connectivity index is 2.97. The first-order valence-corrected chi connectivity index (χ1v) is 6.40. The van der Waals surface area contributed by atoms with E-state index in [-0.39, 0.29) is 5.91 Å². The Morgan fingerprint density at radius 3 is 2.37 bits per heavy atom. The van der Waals surface area contributed by atoms with E-state index in [2.05, 4.69) is 5.32 Å². The zero-order chi connectivity index (χ0) is 14.6. The molecule has 19 heavy (non-hydrogen) atoms. The molecule has 0 aliphatic carbocycles. The number of benzene rings is 1. The van der Waals surface area contributed by atoms with E-state index in [0.29, 0.717) is 6.42 Å². The molecule has 0 bridgehead atoms. The van der Waals surface area contributed by atoms with Gasteiger partial charge in [-0.25, -0.2) is 4.79 Å². The second kappa shape index (κ2) is 5.87. The predicted molar refractivity (Wildman–Crippen MR) is 74.1 cm³/mol. The summed E-state index contributed by atoms with van der Waals surface area (Å²) in [6.45, 7) is 7.29. The van der Waals surface area contributed by atoms with Crippen molar-refractivity contribution >= 4 is 11.9 Å². The average molecular weight is 263 g/mol. The number of rotatable bonds is 5. The van der Waals surface area contributed by atoms with Crippen molar-refractivity contribution in [1.29, 1.82) is 0 Å². The third-order valence-corrected chi connectivity index (χ3v) is 3.40. The number of carbonyl (C=O) groups excluding carboxylic acids is 1. The van der Waals surface area contributed by atoms with E-state index < -0.39 is 17.4 Å². The second-order valence-electron chi connectivity index (χ2n) is 5.21. The van der Waals surface area contributed by atoms with Crippen molar-refractivity contribution in [3.05, 3.63) is 35.4 Å². The van der Waals surface area contributed by atoms with Gasteiger partial charge in [0.25, 0.3) is 0 Å². The van der Waals surface area contributed by atoms with Gasteiger partial charge in [-0.2, -0.15) is 0 Å². The molecule has 1 atom stereocenters. The number of nitrogens with one attached hydrogen (secondary N) is 1. The van der Waals surface area contributed by atoms with Crippen LogP contribution in [0.1, 0.15) is 38.3 Å². The van der Waals surface area contributed by atoms with E-state index >= 15 is 0 Å². The standard InChI is InChI=1S/C15H21NO3/c1-5-12(13(17)18)16-14(19)15(3,4)11-9-7-6-8-10(11)2/h6-9,12H,5H2,1-4H3,(H,16,19)(H,17,18). The zero-order valence-corrected chi connectivity index (χ0v) is 11.9. The number of hydrogen-bond donors (Lipinski definition) is 2. The monoisotopic (exact) mass is 263 g/mol. The topological polar surface area (TPSA) is 66.4 Å². The van der Waals surface area contributed by atoms with Crippen molar-refractivity contribution < 1.29 is 14.7 Å². The highest BCUT2D eigenvalue weighted by molar-refractivity contribution is 5.91. The number of hydrogen-bond acceptors (Lipinski definition) is 2. The first-order chi connectivity index (χ1) is 8.80. The van der Waals surface area contributed by atoms with Gasteiger partial charge in [0, 0.05) is 0 Å². The van der Waals surface area contributed by atoms with Crippen LogP contribution in [0.25, 0.3) is 0 Å². The van der Waals surface area contributed by atoms with Gasteiger partial charge < -0.3 is 10.4 Å². The maximum Gasteiger partial charge on any atom is 0.326 e. The molecule has 1 aromatic rings. The van der Waals surface area contributed by atoms with Crippen molar-refractivity contribution in [3.8, 4) is 0 Å². The number of aryl methyl sites for hydroxylation is 1. The summed E-state index contributed by atoms with van der Waals surface area (Å²) in [5, 5.41) is 11.6. The molecule has 0 aromatic heterocycles. The van der Waals surface area contributed by atoms with Crippen LogP contribution in [0.15, 0.2) is 24.3 Å². The molecular weight excluding hydrogens is 242 g/mol. The van der Waals surface area contributed by atoms with Gasteiger partial charge in [-0.3, -0.25) is 4.79 Å². The summed E-state index contributed by atoms with van der Waals surface area (Å²) in [6.07, 6.45) is 0.366. The molecule has 0 spiro atoms. The fourth-order valence-corrected chi connectivity index (χ4v) is 2.07. The minimum Gasteiger partial charge on any atom is -0.480 e. The molecule has 104 valence electrons. The van der Waals surface area contributed by atoms with Gasteiger partial charge in [0.1, 0.15) is 6.04 Å². The van der Waals surface area contributed by atoms with Crippen molar-refractivity contribution in [3.63, 3.8) is 0 Å². The van der Waals surface area contributed by atoms with Gasteiger partial charge in [0.05, 0.1) is 5.41 Å². The minimum absolute atomic E-state index is 0.268. The van der Waals surface area contributed by atoms with Gasteiger partial charge in [-0.05, 0) is 38.3 Å². The number of carboxylic acids is 1. The lowest BCUT2D eigenvalue weighted by Crippen LogP contribution is -2.48. The van der Waals surface area contributed by atoms with Crippen molar-refractivity contribution in [2.45, 2.75) is 45.6 Å². The van der Waals surface area contributed by atoms with E-state index in [0.717, 1.165) is 11.1 Å². The molecule has 0 fully saturated rings. The molecular formula is C15H21NO3. The highest BCUT2D eigenvalue weighted by Crippen LogP contribution is 2.26. The third-order valence-electron chi connectivity index (χ3n) is 3.40. The molecule has 0 saturated carbocycles. The summed E-state index contributed by atoms with van der Waals surface area (Å²) in [5.74, 6) is -1.27. The third kappa shape index (κ3) is 3.34. The van der Waals surface area contributed by atoms with Gasteiger partial charge in [-0.15, -0.1) is 0 Å². The summed E-state index contributed by atoms with van der Waals surface area (Å²) in [5.41, 5.74) is 1.17. The fraction of sp³-hybridized carbons (Fsp3) is 0.467. The van der Waals surface area contributed by atoms with Crippen LogP contribution >= 0.6 is 0 Å². The maximum atomic E-state index is 12.3. The lowest BCUT2D eigenvalue weighted by molar-refractivity contribution is -0.142. The van der Waals surface area contributed by atoms with Crippen molar-refractivity contribution in [2.24, 2.45) is 0 Å². The molecule has 1 rings (SSSR count). The van der Waals surface area contributed by atoms with Gasteiger partial charge >= 0.3 is 5.97 Å². The lowest BCUT2D eigenvalue weighted by Gasteiger charge is -2.27. The van der Waals surface area contributed by atoms with E-state index in [1.807, 2.05) is 31.2 Å². The average Bonchev–Trinajstić information content (AvgIpc) is 2.35. The number of carbonyl (C=O) groups is 2. The van der Waals surface area contributed by atoms with E-state index in [1.165, 1.54) is 0 Å². The van der Waals surface area contributed by atoms with Crippen LogP contribution in [0.4, 0.5) is 0 Å². The lowest BCUT2D eigenvalue weighted by atomic mass is 9.81. The minimum atomic E-state index is -1.00. The smallest absolute Gasteiger partial charge is 0.326 e. The number of amides is 1. The van der Waals surface area contributed by atoms with Gasteiger partial charge in [-0.1, -0.05) is 31.2 Å². The summed E-state index contributed by atoms with van der Waals surface area (Å²) >= 11 is 0. The molecule has 1 amide bonds. The van der Waals surface area contributed by atoms with E-state index in [9.17, 15) is 9.59 Å². The normalized spacial score (nSPS) is 12.8. The summed E-state index contributed by atoms with van der Waals surface area (Å²) < 4.78 is 0. The second-order valence-corrected chi connectivity index (χ2v) is 5.21. The largest absolute Gasteiger partial charge is 0.480 e. The molecule has 1 aromatic carbocycles. The Hall–Kier alpha value is -1.84. The highest BCUT2D eigenvalue weighted by atomic mass is 16.4. The molecule has 0 saturated heterocycles. The predicted octanol–water partition coefficient (Wildman–Crippen LogP) is 2.25. The van der Waals surface area contributed by atoms with Crippen LogP contribution in [0.2, 0.25) is 0 Å². The Morgan fingerprint density at radius 2 is 1.89 bits per heavy atom. The van der Waals surface area contributed by atoms with E-state index in [1.54, 1.807) is 20.8 Å². The number of carboxylic acid groups (broad SMARTS) is 1.